The molecule has 1 rings (SSSR count). The van der Waals surface area contributed by atoms with Gasteiger partial charge in [-0.05, 0) is 43.4 Å². The average molecular weight is 248 g/mol. The Kier molecular flexibility index (Phi) is 4.76. The van der Waals surface area contributed by atoms with Crippen LogP contribution in [0.3, 0.4) is 0 Å². The molecule has 1 aromatic rings. The maximum atomic E-state index is 12.2. The van der Waals surface area contributed by atoms with Crippen molar-refractivity contribution in [1.82, 2.24) is 5.32 Å². The molecular formula is C15H24N2O. The number of benzene rings is 1. The second-order valence-electron chi connectivity index (χ2n) is 5.26. The van der Waals surface area contributed by atoms with E-state index in [4.69, 9.17) is 5.73 Å². The quantitative estimate of drug-likeness (QED) is 0.805. The zero-order valence-electron chi connectivity index (χ0n) is 12.0. The number of carbonyl (C=O) groups excluding carboxylic acids is 1. The summed E-state index contributed by atoms with van der Waals surface area (Å²) in [6.07, 6.45) is 0.934. The molecule has 0 radical (unpaired) electrons. The van der Waals surface area contributed by atoms with Gasteiger partial charge in [-0.2, -0.15) is 0 Å². The standard InChI is InChI=1S/C15H24N2O/c1-6-14(9(2)3)17-15(18)12-8-13(16)11(5)7-10(12)4/h7-9,14H,6,16H2,1-5H3,(H,17,18). The molecule has 0 bridgehead atoms. The third kappa shape index (κ3) is 3.25. The highest BCUT2D eigenvalue weighted by Gasteiger charge is 2.17. The summed E-state index contributed by atoms with van der Waals surface area (Å²) in [6, 6.07) is 3.94. The zero-order valence-corrected chi connectivity index (χ0v) is 12.0. The summed E-state index contributed by atoms with van der Waals surface area (Å²) in [6.45, 7) is 10.2. The minimum absolute atomic E-state index is 0.0280. The third-order valence-electron chi connectivity index (χ3n) is 3.42. The number of carbonyl (C=O) groups is 1. The molecule has 1 atom stereocenters. The highest BCUT2D eigenvalue weighted by Crippen LogP contribution is 2.18. The van der Waals surface area contributed by atoms with Crippen molar-refractivity contribution in [1.29, 1.82) is 0 Å². The maximum absolute atomic E-state index is 12.2. The zero-order chi connectivity index (χ0) is 13.9. The predicted molar refractivity (Wildman–Crippen MR) is 76.7 cm³/mol. The summed E-state index contributed by atoms with van der Waals surface area (Å²) >= 11 is 0. The highest BCUT2D eigenvalue weighted by atomic mass is 16.1. The van der Waals surface area contributed by atoms with Crippen molar-refractivity contribution in [3.05, 3.63) is 28.8 Å². The van der Waals surface area contributed by atoms with E-state index < -0.39 is 0 Å². The van der Waals surface area contributed by atoms with Crippen LogP contribution in [0.4, 0.5) is 5.69 Å². The first kappa shape index (κ1) is 14.6. The van der Waals surface area contributed by atoms with Gasteiger partial charge in [-0.15, -0.1) is 0 Å². The average Bonchev–Trinajstić information content (AvgIpc) is 2.29. The van der Waals surface area contributed by atoms with Gasteiger partial charge in [-0.25, -0.2) is 0 Å². The van der Waals surface area contributed by atoms with Gasteiger partial charge in [0.05, 0.1) is 0 Å². The van der Waals surface area contributed by atoms with Gasteiger partial charge in [0, 0.05) is 17.3 Å². The van der Waals surface area contributed by atoms with Crippen LogP contribution in [0.1, 0.15) is 48.7 Å². The van der Waals surface area contributed by atoms with Crippen LogP contribution in [0, 0.1) is 19.8 Å². The number of anilines is 1. The van der Waals surface area contributed by atoms with Crippen molar-refractivity contribution < 1.29 is 4.79 Å². The first-order valence-electron chi connectivity index (χ1n) is 6.54. The summed E-state index contributed by atoms with van der Waals surface area (Å²) in [5.41, 5.74) is 9.20. The van der Waals surface area contributed by atoms with Crippen molar-refractivity contribution in [2.75, 3.05) is 5.73 Å². The van der Waals surface area contributed by atoms with Crippen molar-refractivity contribution in [2.45, 2.75) is 47.1 Å². The number of hydrogen-bond donors (Lipinski definition) is 2. The molecule has 18 heavy (non-hydrogen) atoms. The summed E-state index contributed by atoms with van der Waals surface area (Å²) in [4.78, 5) is 12.2. The van der Waals surface area contributed by atoms with Gasteiger partial charge in [-0.1, -0.05) is 26.8 Å². The van der Waals surface area contributed by atoms with E-state index in [-0.39, 0.29) is 11.9 Å². The lowest BCUT2D eigenvalue weighted by Gasteiger charge is -2.21. The maximum Gasteiger partial charge on any atom is 0.251 e. The topological polar surface area (TPSA) is 55.1 Å². The van der Waals surface area contributed by atoms with E-state index in [0.717, 1.165) is 17.5 Å². The summed E-state index contributed by atoms with van der Waals surface area (Å²) in [7, 11) is 0. The Balaban J connectivity index is 2.94. The fourth-order valence-electron chi connectivity index (χ4n) is 2.10. The molecule has 0 aliphatic heterocycles. The van der Waals surface area contributed by atoms with Gasteiger partial charge in [0.1, 0.15) is 0 Å². The van der Waals surface area contributed by atoms with Crippen molar-refractivity contribution >= 4 is 11.6 Å². The van der Waals surface area contributed by atoms with Crippen LogP contribution in [-0.4, -0.2) is 11.9 Å². The van der Waals surface area contributed by atoms with E-state index >= 15 is 0 Å². The van der Waals surface area contributed by atoms with Gasteiger partial charge in [-0.3, -0.25) is 4.79 Å². The van der Waals surface area contributed by atoms with E-state index in [1.807, 2.05) is 19.9 Å². The van der Waals surface area contributed by atoms with Crippen LogP contribution >= 0.6 is 0 Å². The molecule has 0 saturated heterocycles. The molecule has 0 spiro atoms. The number of nitrogen functional groups attached to an aromatic ring is 1. The van der Waals surface area contributed by atoms with Crippen LogP contribution in [-0.2, 0) is 0 Å². The molecular weight excluding hydrogens is 224 g/mol. The summed E-state index contributed by atoms with van der Waals surface area (Å²) in [5, 5.41) is 3.08. The molecule has 0 saturated carbocycles. The molecule has 1 amide bonds. The lowest BCUT2D eigenvalue weighted by atomic mass is 9.99. The molecule has 0 aliphatic rings. The molecule has 0 aliphatic carbocycles. The highest BCUT2D eigenvalue weighted by molar-refractivity contribution is 5.96. The lowest BCUT2D eigenvalue weighted by Crippen LogP contribution is -2.38. The van der Waals surface area contributed by atoms with Gasteiger partial charge in [0.2, 0.25) is 0 Å². The van der Waals surface area contributed by atoms with Crippen LogP contribution < -0.4 is 11.1 Å². The molecule has 3 N–H and O–H groups in total. The Morgan fingerprint density at radius 3 is 2.39 bits per heavy atom. The first-order valence-corrected chi connectivity index (χ1v) is 6.54. The van der Waals surface area contributed by atoms with Crippen LogP contribution in [0.2, 0.25) is 0 Å². The van der Waals surface area contributed by atoms with E-state index in [1.165, 1.54) is 0 Å². The summed E-state index contributed by atoms with van der Waals surface area (Å²) < 4.78 is 0. The lowest BCUT2D eigenvalue weighted by molar-refractivity contribution is 0.0924. The van der Waals surface area contributed by atoms with Gasteiger partial charge in [0.25, 0.3) is 5.91 Å². The largest absolute Gasteiger partial charge is 0.398 e. The Hall–Kier alpha value is -1.51. The normalized spacial score (nSPS) is 12.6. The Morgan fingerprint density at radius 1 is 1.28 bits per heavy atom. The minimum atomic E-state index is -0.0280. The molecule has 1 unspecified atom stereocenters. The smallest absolute Gasteiger partial charge is 0.251 e. The van der Waals surface area contributed by atoms with Crippen LogP contribution in [0.15, 0.2) is 12.1 Å². The molecule has 1 aromatic carbocycles. The fourth-order valence-corrected chi connectivity index (χ4v) is 2.10. The van der Waals surface area contributed by atoms with E-state index in [0.29, 0.717) is 17.2 Å². The third-order valence-corrected chi connectivity index (χ3v) is 3.42. The second-order valence-corrected chi connectivity index (χ2v) is 5.26. The van der Waals surface area contributed by atoms with E-state index in [9.17, 15) is 4.79 Å². The number of aryl methyl sites for hydroxylation is 2. The Labute approximate surface area is 110 Å². The Morgan fingerprint density at radius 2 is 1.89 bits per heavy atom. The number of amides is 1. The van der Waals surface area contributed by atoms with Gasteiger partial charge >= 0.3 is 0 Å². The van der Waals surface area contributed by atoms with Gasteiger partial charge in [0.15, 0.2) is 0 Å². The molecule has 0 fully saturated rings. The van der Waals surface area contributed by atoms with Crippen LogP contribution in [0.25, 0.3) is 0 Å². The molecule has 0 heterocycles. The summed E-state index contributed by atoms with van der Waals surface area (Å²) in [5.74, 6) is 0.404. The number of nitrogens with two attached hydrogens (primary N) is 1. The predicted octanol–water partition coefficient (Wildman–Crippen LogP) is 3.05. The first-order chi connectivity index (χ1) is 8.36. The molecule has 0 aromatic heterocycles. The van der Waals surface area contributed by atoms with Crippen molar-refractivity contribution in [3.8, 4) is 0 Å². The SMILES string of the molecule is CCC(NC(=O)c1cc(N)c(C)cc1C)C(C)C. The van der Waals surface area contributed by atoms with Crippen molar-refractivity contribution in [3.63, 3.8) is 0 Å². The van der Waals surface area contributed by atoms with Crippen LogP contribution in [0.5, 0.6) is 0 Å². The van der Waals surface area contributed by atoms with E-state index in [2.05, 4.69) is 26.1 Å². The van der Waals surface area contributed by atoms with Crippen molar-refractivity contribution in [2.24, 2.45) is 5.92 Å². The number of nitrogens with one attached hydrogen (secondary N) is 1. The minimum Gasteiger partial charge on any atom is -0.398 e. The molecule has 3 heteroatoms. The number of hydrogen-bond acceptors (Lipinski definition) is 2. The second kappa shape index (κ2) is 5.89. The molecule has 100 valence electrons. The van der Waals surface area contributed by atoms with E-state index in [1.54, 1.807) is 6.07 Å². The number of rotatable bonds is 4. The molecule has 3 nitrogen and oxygen atoms in total. The Bertz CT molecular complexity index is 438. The fraction of sp³-hybridized carbons (Fsp3) is 0.533. The monoisotopic (exact) mass is 248 g/mol. The van der Waals surface area contributed by atoms with Gasteiger partial charge < -0.3 is 11.1 Å².